The second-order valence-electron chi connectivity index (χ2n) is 13.5. The first-order chi connectivity index (χ1) is 29.1. The van der Waals surface area contributed by atoms with E-state index in [1.54, 1.807) is 29.7 Å². The van der Waals surface area contributed by atoms with Crippen molar-refractivity contribution in [3.8, 4) is 5.75 Å². The van der Waals surface area contributed by atoms with Crippen molar-refractivity contribution in [1.82, 2.24) is 26.3 Å². The molecule has 2 heterocycles. The number of nitrogens with one attached hydrogen (secondary N) is 5. The smallest absolute Gasteiger partial charge is 0.266 e. The van der Waals surface area contributed by atoms with Gasteiger partial charge in [0.15, 0.2) is 6.61 Å². The summed E-state index contributed by atoms with van der Waals surface area (Å²) < 4.78 is 27.4. The number of hydrogen-bond donors (Lipinski definition) is 6. The number of rotatable bonds is 28. The Morgan fingerprint density at radius 3 is 2.05 bits per heavy atom. The maximum absolute atomic E-state index is 13.1. The number of piperidine rings is 1. The number of nitrogens with zero attached hydrogens (tertiary/aromatic N) is 1. The van der Waals surface area contributed by atoms with Crippen LogP contribution >= 0.6 is 0 Å². The lowest BCUT2D eigenvalue weighted by Crippen LogP contribution is -2.54. The Kier molecular flexibility index (Phi) is 20.0. The van der Waals surface area contributed by atoms with Crippen molar-refractivity contribution in [3.63, 3.8) is 0 Å². The van der Waals surface area contributed by atoms with Gasteiger partial charge in [0.05, 0.1) is 70.4 Å². The summed E-state index contributed by atoms with van der Waals surface area (Å²) in [4.78, 5) is 98.6. The van der Waals surface area contributed by atoms with Gasteiger partial charge in [0.25, 0.3) is 23.6 Å². The van der Waals surface area contributed by atoms with E-state index in [4.69, 9.17) is 28.9 Å². The number of fused-ring (bicyclic) bond motifs is 1. The summed E-state index contributed by atoms with van der Waals surface area (Å²) in [7, 11) is 0. The number of hydroxylamine groups is 1. The number of benzene rings is 2. The van der Waals surface area contributed by atoms with Crippen molar-refractivity contribution >= 4 is 52.9 Å². The van der Waals surface area contributed by atoms with Crippen LogP contribution < -0.4 is 31.5 Å². The van der Waals surface area contributed by atoms with Gasteiger partial charge in [-0.15, -0.1) is 0 Å². The van der Waals surface area contributed by atoms with Crippen LogP contribution in [0.25, 0.3) is 0 Å². The molecule has 0 spiro atoms. The zero-order valence-electron chi connectivity index (χ0n) is 33.3. The van der Waals surface area contributed by atoms with Crippen molar-refractivity contribution < 1.29 is 67.2 Å². The van der Waals surface area contributed by atoms with Crippen molar-refractivity contribution in [1.29, 1.82) is 0 Å². The van der Waals surface area contributed by atoms with Crippen LogP contribution in [0.3, 0.4) is 0 Å². The van der Waals surface area contributed by atoms with E-state index < -0.39 is 48.1 Å². The topological polar surface area (TPSA) is 266 Å². The summed E-state index contributed by atoms with van der Waals surface area (Å²) in [5.74, 6) is -3.91. The van der Waals surface area contributed by atoms with E-state index in [0.717, 1.165) is 24.2 Å². The first-order valence-corrected chi connectivity index (χ1v) is 19.7. The van der Waals surface area contributed by atoms with E-state index in [9.17, 15) is 38.4 Å². The highest BCUT2D eigenvalue weighted by atomic mass is 16.6. The molecule has 326 valence electrons. The maximum Gasteiger partial charge on any atom is 0.266 e. The van der Waals surface area contributed by atoms with Crippen LogP contribution in [-0.4, -0.2) is 136 Å². The van der Waals surface area contributed by atoms with Crippen LogP contribution in [0.2, 0.25) is 0 Å². The van der Waals surface area contributed by atoms with Gasteiger partial charge in [-0.1, -0.05) is 18.9 Å². The number of carbonyl (C=O) groups is 8. The van der Waals surface area contributed by atoms with E-state index in [-0.39, 0.29) is 80.7 Å². The Bertz CT molecular complexity index is 1810. The van der Waals surface area contributed by atoms with Crippen LogP contribution in [0.15, 0.2) is 42.5 Å². The minimum atomic E-state index is -1.11. The lowest BCUT2D eigenvalue weighted by atomic mass is 10.0. The number of anilines is 1. The molecule has 2 aromatic carbocycles. The number of amides is 8. The minimum Gasteiger partial charge on any atom is -0.483 e. The first-order valence-electron chi connectivity index (χ1n) is 19.7. The standard InChI is InChI=1S/C40H52N6O14/c47-32-14-13-30(38(52)44-32)46-39(53)29-6-5-7-31(36(29)40(46)54)60-26-35(50)41-17-19-57-21-23-59-25-24-58-22-20-56-18-15-33(48)43-28-11-9-27(10-12-28)37(51)42-16-4-2-1-3-8-34(49)45-55/h5-7,9-12,30,55H,1-4,8,13-26H2,(H,41,50)(H,42,51)(H,43,48)(H,45,49)(H,44,47,52). The molecule has 4 rings (SSSR count). The number of imide groups is 2. The Hall–Kier alpha value is -5.80. The fourth-order valence-corrected chi connectivity index (χ4v) is 6.04. The Morgan fingerprint density at radius 2 is 1.37 bits per heavy atom. The van der Waals surface area contributed by atoms with E-state index in [1.165, 1.54) is 18.2 Å². The molecule has 2 aliphatic rings. The van der Waals surface area contributed by atoms with Gasteiger partial charge < -0.3 is 39.6 Å². The van der Waals surface area contributed by atoms with Crippen LogP contribution in [0.4, 0.5) is 5.69 Å². The third-order valence-corrected chi connectivity index (χ3v) is 9.12. The highest BCUT2D eigenvalue weighted by molar-refractivity contribution is 6.24. The lowest BCUT2D eigenvalue weighted by molar-refractivity contribution is -0.136. The van der Waals surface area contributed by atoms with Crippen LogP contribution in [0.1, 0.15) is 82.4 Å². The number of carbonyl (C=O) groups excluding carboxylic acids is 8. The Labute approximate surface area is 346 Å². The number of unbranched alkanes of at least 4 members (excludes halogenated alkanes) is 3. The zero-order chi connectivity index (χ0) is 43.1. The van der Waals surface area contributed by atoms with Gasteiger partial charge >= 0.3 is 0 Å². The summed E-state index contributed by atoms with van der Waals surface area (Å²) >= 11 is 0. The average Bonchev–Trinajstić information content (AvgIpc) is 3.49. The fourth-order valence-electron chi connectivity index (χ4n) is 6.04. The molecule has 2 aromatic rings. The molecule has 0 radical (unpaired) electrons. The molecule has 1 atom stereocenters. The molecule has 0 bridgehead atoms. The minimum absolute atomic E-state index is 0.00146. The third kappa shape index (κ3) is 15.4. The van der Waals surface area contributed by atoms with Gasteiger partial charge in [0.1, 0.15) is 11.8 Å². The molecule has 60 heavy (non-hydrogen) atoms. The normalized spacial score (nSPS) is 14.7. The second-order valence-corrected chi connectivity index (χ2v) is 13.5. The molecular weight excluding hydrogens is 788 g/mol. The van der Waals surface area contributed by atoms with E-state index in [2.05, 4.69) is 21.3 Å². The van der Waals surface area contributed by atoms with Crippen molar-refractivity contribution in [3.05, 3.63) is 59.2 Å². The van der Waals surface area contributed by atoms with E-state index >= 15 is 0 Å². The quantitative estimate of drug-likeness (QED) is 0.0301. The van der Waals surface area contributed by atoms with E-state index in [0.29, 0.717) is 57.3 Å². The van der Waals surface area contributed by atoms with Crippen LogP contribution in [0.5, 0.6) is 5.75 Å². The van der Waals surface area contributed by atoms with Gasteiger partial charge in [-0.05, 0) is 55.7 Å². The molecule has 1 unspecified atom stereocenters. The average molecular weight is 841 g/mol. The highest BCUT2D eigenvalue weighted by Crippen LogP contribution is 2.33. The summed E-state index contributed by atoms with van der Waals surface area (Å²) in [5, 5.41) is 18.9. The van der Waals surface area contributed by atoms with Crippen molar-refractivity contribution in [2.24, 2.45) is 0 Å². The second kappa shape index (κ2) is 25.6. The van der Waals surface area contributed by atoms with Crippen LogP contribution in [0, 0.1) is 0 Å². The fraction of sp³-hybridized carbons (Fsp3) is 0.500. The Balaban J connectivity index is 0.933. The summed E-state index contributed by atoms with van der Waals surface area (Å²) in [6.07, 6.45) is 3.53. The van der Waals surface area contributed by atoms with Crippen molar-refractivity contribution in [2.45, 2.75) is 57.4 Å². The van der Waals surface area contributed by atoms with Crippen LogP contribution in [-0.2, 0) is 42.9 Å². The number of hydrogen-bond acceptors (Lipinski definition) is 14. The molecule has 0 aromatic heterocycles. The summed E-state index contributed by atoms with van der Waals surface area (Å²) in [6, 6.07) is 9.84. The summed E-state index contributed by atoms with van der Waals surface area (Å²) in [5.41, 5.74) is 2.63. The molecule has 2 aliphatic heterocycles. The maximum atomic E-state index is 13.1. The van der Waals surface area contributed by atoms with Gasteiger partial charge in [-0.2, -0.15) is 0 Å². The monoisotopic (exact) mass is 840 g/mol. The van der Waals surface area contributed by atoms with Crippen molar-refractivity contribution in [2.75, 3.05) is 77.9 Å². The molecule has 8 amide bonds. The third-order valence-electron chi connectivity index (χ3n) is 9.12. The molecule has 1 saturated heterocycles. The molecule has 0 saturated carbocycles. The SMILES string of the molecule is O=C(CCCCCCNC(=O)c1ccc(NC(=O)CCOCCOCCOCCOCCNC(=O)COc2cccc3c2C(=O)N(C2CCC(=O)NC2=O)C3=O)cc1)NO. The lowest BCUT2D eigenvalue weighted by Gasteiger charge is -2.27. The summed E-state index contributed by atoms with van der Waals surface area (Å²) in [6.45, 7) is 2.55. The zero-order valence-corrected chi connectivity index (χ0v) is 33.3. The predicted molar refractivity (Wildman–Crippen MR) is 210 cm³/mol. The molecule has 6 N–H and O–H groups in total. The highest BCUT2D eigenvalue weighted by Gasteiger charge is 2.46. The van der Waals surface area contributed by atoms with Gasteiger partial charge in [0, 0.05) is 37.2 Å². The predicted octanol–water partition coefficient (Wildman–Crippen LogP) is 0.864. The van der Waals surface area contributed by atoms with Gasteiger partial charge in [0.2, 0.25) is 23.6 Å². The molecular formula is C40H52N6O14. The molecule has 0 aliphatic carbocycles. The first kappa shape index (κ1) is 46.9. The largest absolute Gasteiger partial charge is 0.483 e. The van der Waals surface area contributed by atoms with Gasteiger partial charge in [-0.3, -0.25) is 53.8 Å². The molecule has 20 nitrogen and oxygen atoms in total. The van der Waals surface area contributed by atoms with E-state index in [1.807, 2.05) is 0 Å². The number of ether oxygens (including phenoxy) is 5. The molecule has 1 fully saturated rings. The Morgan fingerprint density at radius 1 is 0.700 bits per heavy atom. The molecule has 20 heteroatoms. The van der Waals surface area contributed by atoms with Gasteiger partial charge in [-0.25, -0.2) is 5.48 Å².